The summed E-state index contributed by atoms with van der Waals surface area (Å²) in [5.74, 6) is 5.05. The number of hydrogen-bond donors (Lipinski definition) is 1. The van der Waals surface area contributed by atoms with Gasteiger partial charge in [0.05, 0.1) is 35.0 Å². The molecule has 2 atom stereocenters. The maximum Gasteiger partial charge on any atom is 0.252 e. The summed E-state index contributed by atoms with van der Waals surface area (Å²) in [4.78, 5) is 8.74. The van der Waals surface area contributed by atoms with Crippen LogP contribution in [0, 0.1) is 0 Å². The molecule has 2 unspecified atom stereocenters. The quantitative estimate of drug-likeness (QED) is 0.0115. The van der Waals surface area contributed by atoms with Gasteiger partial charge in [-0.1, -0.05) is 58.5 Å². The molecule has 0 fully saturated rings. The van der Waals surface area contributed by atoms with Crippen LogP contribution >= 0.6 is 51.1 Å². The van der Waals surface area contributed by atoms with Crippen molar-refractivity contribution < 1.29 is 33.7 Å². The van der Waals surface area contributed by atoms with Crippen LogP contribution in [0.3, 0.4) is 0 Å². The molecule has 12 heteroatoms. The van der Waals surface area contributed by atoms with Crippen LogP contribution in [0.25, 0.3) is 0 Å². The third-order valence-electron chi connectivity index (χ3n) is 9.89. The second kappa shape index (κ2) is 23.6. The normalized spacial score (nSPS) is 13.1. The summed E-state index contributed by atoms with van der Waals surface area (Å²) in [5, 5.41) is 5.37. The van der Waals surface area contributed by atoms with Crippen LogP contribution in [0.15, 0.2) is 107 Å². The summed E-state index contributed by atoms with van der Waals surface area (Å²) >= 11 is 4.28. The second-order valence-corrected chi connectivity index (χ2v) is 18.2. The molecule has 1 aromatic heterocycles. The Kier molecular flexibility index (Phi) is 19.4. The molecular formula is C45H61IN3O5PS2+2. The molecule has 0 bridgehead atoms. The molecular weight excluding hydrogens is 885 g/mol. The van der Waals surface area contributed by atoms with Crippen LogP contribution in [0.4, 0.5) is 5.69 Å². The predicted molar refractivity (Wildman–Crippen MR) is 250 cm³/mol. The highest BCUT2D eigenvalue weighted by molar-refractivity contribution is 14.2. The molecule has 0 aliphatic rings. The summed E-state index contributed by atoms with van der Waals surface area (Å²) in [5.41, 5.74) is 4.43. The number of nitrogens with two attached hydrogens (primary N) is 1. The van der Waals surface area contributed by atoms with Crippen LogP contribution in [-0.4, -0.2) is 51.6 Å². The van der Waals surface area contributed by atoms with Crippen LogP contribution in [0.2, 0.25) is 0 Å². The number of aromatic nitrogens is 1. The predicted octanol–water partition coefficient (Wildman–Crippen LogP) is 10.1. The number of thioether (sulfide) groups is 1. The van der Waals surface area contributed by atoms with Crippen LogP contribution in [-0.2, 0) is 5.66 Å². The molecule has 308 valence electrons. The number of quaternary nitrogens is 1. The smallest absolute Gasteiger partial charge is 0.252 e. The number of unbranched alkanes of at least 4 members (excludes halogenated alkanes) is 1. The highest BCUT2D eigenvalue weighted by Gasteiger charge is 2.46. The molecule has 57 heavy (non-hydrogen) atoms. The van der Waals surface area contributed by atoms with Crippen molar-refractivity contribution >= 4 is 62.1 Å². The molecule has 4 rings (SSSR count). The lowest BCUT2D eigenvalue weighted by Gasteiger charge is -2.38. The maximum atomic E-state index is 7.53. The molecule has 0 amide bonds. The zero-order valence-corrected chi connectivity index (χ0v) is 39.9. The zero-order valence-electron chi connectivity index (χ0n) is 35.0. The molecule has 0 aliphatic heterocycles. The van der Waals surface area contributed by atoms with Gasteiger partial charge in [0.25, 0.3) is 5.66 Å². The third kappa shape index (κ3) is 12.3. The van der Waals surface area contributed by atoms with Gasteiger partial charge in [0.1, 0.15) is 28.7 Å². The Balaban J connectivity index is 2.06. The van der Waals surface area contributed by atoms with Gasteiger partial charge in [0.2, 0.25) is 5.75 Å². The van der Waals surface area contributed by atoms with E-state index in [0.717, 1.165) is 70.8 Å². The number of halogens is 1. The molecule has 0 aliphatic carbocycles. The van der Waals surface area contributed by atoms with Gasteiger partial charge in [-0.25, -0.2) is 0 Å². The molecule has 8 nitrogen and oxygen atoms in total. The Labute approximate surface area is 364 Å². The molecule has 0 spiro atoms. The number of nitrogens with zero attached hydrogens (tertiary/aromatic N) is 2. The van der Waals surface area contributed by atoms with Crippen molar-refractivity contribution in [1.82, 2.24) is 5.06 Å². The SMILES string of the molecule is CC/C=C(C)\C=C(\C)[NH2+]c1cc(SCCCC)cc(P)c1ON(CC(c1c(OC)cccc1OC)c1c(OC)cccc1OC)C(C)(CCSI)[n+]1ccccc1. The second-order valence-electron chi connectivity index (χ2n) is 13.9. The first-order chi connectivity index (χ1) is 27.6. The van der Waals surface area contributed by atoms with Gasteiger partial charge < -0.3 is 23.8 Å². The van der Waals surface area contributed by atoms with Gasteiger partial charge in [-0.05, 0) is 88.7 Å². The van der Waals surface area contributed by atoms with E-state index in [-0.39, 0.29) is 0 Å². The number of hydrogen-bond acceptors (Lipinski definition) is 8. The van der Waals surface area contributed by atoms with E-state index >= 15 is 0 Å². The van der Waals surface area contributed by atoms with Crippen LogP contribution in [0.1, 0.15) is 77.3 Å². The molecule has 0 saturated carbocycles. The number of hydroxylamine groups is 2. The summed E-state index contributed by atoms with van der Waals surface area (Å²) in [6.45, 7) is 11.3. The van der Waals surface area contributed by atoms with E-state index in [0.29, 0.717) is 29.5 Å². The Hall–Kier alpha value is -2.93. The van der Waals surface area contributed by atoms with Crippen molar-refractivity contribution in [2.45, 2.75) is 76.8 Å². The topological polar surface area (TPSA) is 69.9 Å². The van der Waals surface area contributed by atoms with Gasteiger partial charge in [-0.3, -0.25) is 5.32 Å². The fourth-order valence-corrected chi connectivity index (χ4v) is 9.75. The van der Waals surface area contributed by atoms with Crippen LogP contribution < -0.4 is 39.0 Å². The highest BCUT2D eigenvalue weighted by atomic mass is 127. The van der Waals surface area contributed by atoms with Gasteiger partial charge >= 0.3 is 0 Å². The standard InChI is InChI=1S/C45H60IN3O5PS2/c1-10-12-26-56-34-29-36(47-33(4)28-32(3)18-11-2)44(41(55)30-34)54-49(45(5,23-27-57-46)48-24-14-13-15-25-48)31-35(42-37(50-6)19-16-20-38(42)51-7)43-39(52-8)21-17-22-40(43)53-9/h13-22,24-25,28-30,35,47H,10-12,23,26-27,31,55H2,1-9H3/q+1/p+1/b32-18-,33-28-. The first-order valence-corrected chi connectivity index (χ1v) is 24.5. The van der Waals surface area contributed by atoms with Gasteiger partial charge in [-0.2, -0.15) is 4.57 Å². The van der Waals surface area contributed by atoms with Gasteiger partial charge in [0.15, 0.2) is 18.1 Å². The number of rotatable bonds is 23. The van der Waals surface area contributed by atoms with Gasteiger partial charge in [0, 0.05) is 71.5 Å². The van der Waals surface area contributed by atoms with Crippen LogP contribution in [0.5, 0.6) is 28.7 Å². The van der Waals surface area contributed by atoms with E-state index in [4.69, 9.17) is 23.8 Å². The molecule has 1 heterocycles. The van der Waals surface area contributed by atoms with E-state index in [1.54, 1.807) is 37.4 Å². The Bertz CT molecular complexity index is 1850. The van der Waals surface area contributed by atoms with Crippen molar-refractivity contribution in [1.29, 1.82) is 0 Å². The minimum Gasteiger partial charge on any atom is -0.496 e. The largest absolute Gasteiger partial charge is 0.496 e. The number of methoxy groups -OCH3 is 4. The number of ether oxygens (including phenoxy) is 4. The number of benzene rings is 3. The van der Waals surface area contributed by atoms with Crippen molar-refractivity contribution in [2.24, 2.45) is 0 Å². The maximum absolute atomic E-state index is 7.53. The number of pyridine rings is 1. The lowest BCUT2D eigenvalue weighted by Crippen LogP contribution is -2.75. The lowest BCUT2D eigenvalue weighted by molar-refractivity contribution is -0.796. The Morgan fingerprint density at radius 1 is 0.877 bits per heavy atom. The first kappa shape index (κ1) is 46.8. The molecule has 3 aromatic carbocycles. The highest BCUT2D eigenvalue weighted by Crippen LogP contribution is 2.47. The first-order valence-electron chi connectivity index (χ1n) is 19.4. The van der Waals surface area contributed by atoms with Crippen molar-refractivity contribution in [3.63, 3.8) is 0 Å². The average molecular weight is 946 g/mol. The Morgan fingerprint density at radius 2 is 1.46 bits per heavy atom. The average Bonchev–Trinajstić information content (AvgIpc) is 3.22. The van der Waals surface area contributed by atoms with E-state index < -0.39 is 11.6 Å². The van der Waals surface area contributed by atoms with Crippen molar-refractivity contribution in [3.8, 4) is 28.7 Å². The Morgan fingerprint density at radius 3 is 1.96 bits per heavy atom. The van der Waals surface area contributed by atoms with E-state index in [2.05, 4.69) is 129 Å². The van der Waals surface area contributed by atoms with E-state index in [1.165, 1.54) is 10.5 Å². The monoisotopic (exact) mass is 945 g/mol. The van der Waals surface area contributed by atoms with E-state index in [9.17, 15) is 0 Å². The van der Waals surface area contributed by atoms with E-state index in [1.807, 2.05) is 54.2 Å². The van der Waals surface area contributed by atoms with Gasteiger partial charge in [-0.15, -0.1) is 21.0 Å². The zero-order chi connectivity index (χ0) is 41.4. The third-order valence-corrected chi connectivity index (χ3v) is 13.1. The molecule has 2 N–H and O–H groups in total. The minimum atomic E-state index is -0.684. The molecule has 4 aromatic rings. The van der Waals surface area contributed by atoms with Crippen molar-refractivity contribution in [3.05, 3.63) is 114 Å². The molecule has 0 radical (unpaired) electrons. The summed E-state index contributed by atoms with van der Waals surface area (Å²) in [6, 6.07) is 22.5. The van der Waals surface area contributed by atoms with Crippen molar-refractivity contribution in [2.75, 3.05) is 46.5 Å². The summed E-state index contributed by atoms with van der Waals surface area (Å²) in [6.07, 6.45) is 12.8. The fraction of sp³-hybridized carbons (Fsp3) is 0.400. The summed E-state index contributed by atoms with van der Waals surface area (Å²) in [7, 11) is 11.6. The lowest BCUT2D eigenvalue weighted by atomic mass is 9.87. The minimum absolute atomic E-state index is 0.363. The fourth-order valence-electron chi connectivity index (χ4n) is 7.02. The number of allylic oxidation sites excluding steroid dienone is 4. The molecule has 0 saturated heterocycles. The summed E-state index contributed by atoms with van der Waals surface area (Å²) < 4.78 is 26.7.